The molecule has 4 N–H and O–H groups in total. The van der Waals surface area contributed by atoms with Gasteiger partial charge in [0, 0.05) is 12.0 Å². The normalized spacial score (nSPS) is 29.0. The van der Waals surface area contributed by atoms with E-state index in [-0.39, 0.29) is 24.5 Å². The minimum atomic E-state index is -1.44. The van der Waals surface area contributed by atoms with E-state index >= 15 is 0 Å². The molecule has 1 heterocycles. The van der Waals surface area contributed by atoms with Crippen LogP contribution in [-0.4, -0.2) is 76.2 Å². The van der Waals surface area contributed by atoms with Crippen molar-refractivity contribution in [1.82, 2.24) is 5.32 Å². The Morgan fingerprint density at radius 1 is 1.20 bits per heavy atom. The molecule has 41 heavy (non-hydrogen) atoms. The summed E-state index contributed by atoms with van der Waals surface area (Å²) in [5.41, 5.74) is 0.0643. The standard InChI is InChI=1S/C29H35NO11/c1-14(31)25(34)30-18(7-9-21(32)33)27(36)39-15(2)26(35)40-20-10-12-29(37)17-5-4-11-28(29)22-16(13-17)6-8-19(38-3)23(22)41-24(20)28/h6,8,10,14-15,17-18,24,31,37H,4-5,7,9,11-13H2,1-3H3,(H,30,34)(H,32,33)/t14-,15-,17-,18-,24+,28+,29-/m0/s1. The molecule has 12 heteroatoms. The molecular formula is C29H35NO11. The SMILES string of the molecule is COc1ccc2c3c1O[C@@H]1C(OC(=O)[C@H](C)OC(=O)[C@H](CCC(=O)O)NC(=O)[C@H](C)O)=CC[C@]4(O)[C@@H](CCC[C@@]314)C2. The average molecular weight is 574 g/mol. The zero-order chi connectivity index (χ0) is 29.7. The molecule has 1 fully saturated rings. The van der Waals surface area contributed by atoms with E-state index in [1.165, 1.54) is 13.8 Å². The van der Waals surface area contributed by atoms with Crippen molar-refractivity contribution in [2.75, 3.05) is 7.11 Å². The van der Waals surface area contributed by atoms with Crippen LogP contribution >= 0.6 is 0 Å². The van der Waals surface area contributed by atoms with Gasteiger partial charge in [-0.25, -0.2) is 9.59 Å². The van der Waals surface area contributed by atoms with Crippen LogP contribution in [0.3, 0.4) is 0 Å². The third-order valence-electron chi connectivity index (χ3n) is 8.94. The van der Waals surface area contributed by atoms with Gasteiger partial charge >= 0.3 is 17.9 Å². The fourth-order valence-electron chi connectivity index (χ4n) is 6.99. The van der Waals surface area contributed by atoms with E-state index in [2.05, 4.69) is 5.32 Å². The second-order valence-electron chi connectivity index (χ2n) is 11.3. The van der Waals surface area contributed by atoms with Crippen LogP contribution in [0.4, 0.5) is 0 Å². The number of aliphatic carboxylic acids is 1. The second-order valence-corrected chi connectivity index (χ2v) is 11.3. The Morgan fingerprint density at radius 3 is 2.63 bits per heavy atom. The van der Waals surface area contributed by atoms with Gasteiger partial charge in [-0.3, -0.25) is 9.59 Å². The van der Waals surface area contributed by atoms with Gasteiger partial charge in [0.2, 0.25) is 5.91 Å². The summed E-state index contributed by atoms with van der Waals surface area (Å²) in [6.07, 6.45) is 0.585. The number of methoxy groups -OCH3 is 1. The van der Waals surface area contributed by atoms with Crippen LogP contribution in [0.2, 0.25) is 0 Å². The Labute approximate surface area is 236 Å². The van der Waals surface area contributed by atoms with Gasteiger partial charge in [0.15, 0.2) is 23.7 Å². The van der Waals surface area contributed by atoms with Gasteiger partial charge in [-0.2, -0.15) is 0 Å². The van der Waals surface area contributed by atoms with Crippen molar-refractivity contribution < 1.29 is 53.4 Å². The first-order valence-electron chi connectivity index (χ1n) is 13.8. The maximum Gasteiger partial charge on any atom is 0.352 e. The Kier molecular flexibility index (Phi) is 7.49. The number of rotatable bonds is 10. The molecule has 5 rings (SSSR count). The van der Waals surface area contributed by atoms with Crippen molar-refractivity contribution in [3.05, 3.63) is 35.1 Å². The fourth-order valence-corrected chi connectivity index (χ4v) is 6.99. The molecule has 1 spiro atoms. The summed E-state index contributed by atoms with van der Waals surface area (Å²) in [5.74, 6) is -2.75. The summed E-state index contributed by atoms with van der Waals surface area (Å²) in [5, 5.41) is 32.9. The Hall–Kier alpha value is -3.64. The average Bonchev–Trinajstić information content (AvgIpc) is 3.27. The molecule has 4 aliphatic rings. The topological polar surface area (TPSA) is 178 Å². The zero-order valence-corrected chi connectivity index (χ0v) is 23.2. The predicted octanol–water partition coefficient (Wildman–Crippen LogP) is 1.27. The second kappa shape index (κ2) is 10.6. The summed E-state index contributed by atoms with van der Waals surface area (Å²) in [6, 6.07) is 2.45. The molecule has 1 aromatic carbocycles. The molecule has 0 radical (unpaired) electrons. The number of carbonyl (C=O) groups excluding carboxylic acids is 3. The number of benzene rings is 1. The molecule has 1 amide bonds. The van der Waals surface area contributed by atoms with E-state index in [0.29, 0.717) is 24.3 Å². The number of nitrogens with one attached hydrogen (secondary N) is 1. The Bertz CT molecular complexity index is 1310. The minimum absolute atomic E-state index is 0.0159. The van der Waals surface area contributed by atoms with E-state index < -0.39 is 65.6 Å². The molecular weight excluding hydrogens is 538 g/mol. The molecule has 222 valence electrons. The van der Waals surface area contributed by atoms with Gasteiger partial charge in [-0.05, 0) is 69.6 Å². The van der Waals surface area contributed by atoms with Gasteiger partial charge < -0.3 is 39.6 Å². The van der Waals surface area contributed by atoms with Gasteiger partial charge in [0.05, 0.1) is 18.1 Å². The number of aliphatic hydroxyl groups is 2. The summed E-state index contributed by atoms with van der Waals surface area (Å²) < 4.78 is 23.0. The van der Waals surface area contributed by atoms with Crippen LogP contribution in [0.5, 0.6) is 11.5 Å². The van der Waals surface area contributed by atoms with Crippen LogP contribution < -0.4 is 14.8 Å². The van der Waals surface area contributed by atoms with Crippen molar-refractivity contribution in [3.63, 3.8) is 0 Å². The Balaban J connectivity index is 1.36. The van der Waals surface area contributed by atoms with Crippen molar-refractivity contribution in [1.29, 1.82) is 0 Å². The number of hydrogen-bond donors (Lipinski definition) is 4. The highest BCUT2D eigenvalue weighted by Gasteiger charge is 2.71. The molecule has 1 aliphatic heterocycles. The van der Waals surface area contributed by atoms with Crippen molar-refractivity contribution in [3.8, 4) is 11.5 Å². The van der Waals surface area contributed by atoms with Crippen molar-refractivity contribution in [2.45, 2.75) is 94.2 Å². The Morgan fingerprint density at radius 2 is 1.95 bits per heavy atom. The third-order valence-corrected chi connectivity index (χ3v) is 8.94. The number of ether oxygens (including phenoxy) is 4. The molecule has 0 unspecified atom stereocenters. The van der Waals surface area contributed by atoms with Crippen LogP contribution in [0.15, 0.2) is 24.0 Å². The van der Waals surface area contributed by atoms with E-state index in [9.17, 15) is 29.4 Å². The number of carboxylic acid groups (broad SMARTS) is 1. The number of esters is 2. The van der Waals surface area contributed by atoms with Crippen LogP contribution in [0.25, 0.3) is 0 Å². The zero-order valence-electron chi connectivity index (χ0n) is 23.2. The molecule has 7 atom stereocenters. The maximum absolute atomic E-state index is 13.2. The molecule has 3 aliphatic carbocycles. The summed E-state index contributed by atoms with van der Waals surface area (Å²) >= 11 is 0. The first-order valence-corrected chi connectivity index (χ1v) is 13.8. The quantitative estimate of drug-likeness (QED) is 0.296. The highest BCUT2D eigenvalue weighted by Crippen LogP contribution is 2.67. The molecule has 0 saturated heterocycles. The van der Waals surface area contributed by atoms with Gasteiger partial charge in [-0.1, -0.05) is 12.5 Å². The monoisotopic (exact) mass is 573 g/mol. The van der Waals surface area contributed by atoms with E-state index in [1.54, 1.807) is 13.2 Å². The lowest BCUT2D eigenvalue weighted by Gasteiger charge is -2.59. The highest BCUT2D eigenvalue weighted by molar-refractivity contribution is 5.88. The smallest absolute Gasteiger partial charge is 0.352 e. The fraction of sp³-hybridized carbons (Fsp3) is 0.586. The molecule has 1 aromatic rings. The number of hydrogen-bond acceptors (Lipinski definition) is 10. The molecule has 12 nitrogen and oxygen atoms in total. The van der Waals surface area contributed by atoms with E-state index in [4.69, 9.17) is 24.1 Å². The summed E-state index contributed by atoms with van der Waals surface area (Å²) in [6.45, 7) is 2.49. The van der Waals surface area contributed by atoms with E-state index in [0.717, 1.165) is 24.0 Å². The lowest BCUT2D eigenvalue weighted by atomic mass is 9.47. The summed E-state index contributed by atoms with van der Waals surface area (Å²) in [7, 11) is 1.54. The van der Waals surface area contributed by atoms with Crippen molar-refractivity contribution in [2.24, 2.45) is 5.92 Å². The lowest BCUT2D eigenvalue weighted by molar-refractivity contribution is -0.172. The molecule has 2 bridgehead atoms. The number of amides is 1. The van der Waals surface area contributed by atoms with Gasteiger partial charge in [0.1, 0.15) is 17.9 Å². The van der Waals surface area contributed by atoms with Crippen LogP contribution in [-0.2, 0) is 40.5 Å². The van der Waals surface area contributed by atoms with Crippen LogP contribution in [0.1, 0.15) is 63.5 Å². The van der Waals surface area contributed by atoms with Gasteiger partial charge in [-0.15, -0.1) is 0 Å². The first-order chi connectivity index (χ1) is 19.4. The minimum Gasteiger partial charge on any atom is -0.493 e. The molecule has 0 aromatic heterocycles. The van der Waals surface area contributed by atoms with Crippen molar-refractivity contribution >= 4 is 23.8 Å². The maximum atomic E-state index is 13.2. The highest BCUT2D eigenvalue weighted by atomic mass is 16.6. The first kappa shape index (κ1) is 28.9. The number of aliphatic hydroxyl groups excluding tert-OH is 1. The summed E-state index contributed by atoms with van der Waals surface area (Å²) in [4.78, 5) is 48.9. The van der Waals surface area contributed by atoms with Crippen LogP contribution in [0, 0.1) is 5.92 Å². The van der Waals surface area contributed by atoms with E-state index in [1.807, 2.05) is 12.1 Å². The largest absolute Gasteiger partial charge is 0.493 e. The predicted molar refractivity (Wildman–Crippen MR) is 140 cm³/mol. The number of carboxylic acids is 1. The molecule has 1 saturated carbocycles. The lowest BCUT2D eigenvalue weighted by Crippen LogP contribution is -2.67. The van der Waals surface area contributed by atoms with Gasteiger partial charge in [0.25, 0.3) is 0 Å². The number of carbonyl (C=O) groups is 4. The third kappa shape index (κ3) is 4.62.